The van der Waals surface area contributed by atoms with Crippen LogP contribution in [0.2, 0.25) is 0 Å². The number of amides is 1. The molecule has 24 heavy (non-hydrogen) atoms. The van der Waals surface area contributed by atoms with Gasteiger partial charge in [-0.3, -0.25) is 4.79 Å². The van der Waals surface area contributed by atoms with E-state index in [0.29, 0.717) is 17.0 Å². The van der Waals surface area contributed by atoms with Crippen molar-refractivity contribution in [3.63, 3.8) is 0 Å². The highest BCUT2D eigenvalue weighted by molar-refractivity contribution is 7.10. The topological polar surface area (TPSA) is 84.7 Å². The van der Waals surface area contributed by atoms with Crippen molar-refractivity contribution in [2.45, 2.75) is 19.9 Å². The Kier molecular flexibility index (Phi) is 4.57. The molecule has 2 heterocycles. The standard InChI is InChI=1S/C16H18N6OS/c1-10(18-15(23)14-11(2)20-24-16(14)17-3)13-9-22(21-19-13)12-7-5-4-6-8-12/h4-10,17H,1-3H3,(H,18,23)/t10-/m0/s1. The third-order valence-electron chi connectivity index (χ3n) is 3.64. The van der Waals surface area contributed by atoms with Gasteiger partial charge in [-0.1, -0.05) is 23.4 Å². The number of anilines is 1. The highest BCUT2D eigenvalue weighted by atomic mass is 32.1. The van der Waals surface area contributed by atoms with Gasteiger partial charge in [-0.05, 0) is 37.5 Å². The van der Waals surface area contributed by atoms with Crippen molar-refractivity contribution in [3.8, 4) is 5.69 Å². The van der Waals surface area contributed by atoms with E-state index >= 15 is 0 Å². The largest absolute Gasteiger partial charge is 0.378 e. The van der Waals surface area contributed by atoms with Gasteiger partial charge >= 0.3 is 0 Å². The maximum atomic E-state index is 12.5. The van der Waals surface area contributed by atoms with E-state index in [-0.39, 0.29) is 11.9 Å². The predicted octanol–water partition coefficient (Wildman–Crippen LogP) is 2.56. The molecule has 0 aliphatic heterocycles. The van der Waals surface area contributed by atoms with Crippen LogP contribution in [0.3, 0.4) is 0 Å². The van der Waals surface area contributed by atoms with Crippen LogP contribution in [0.4, 0.5) is 5.00 Å². The van der Waals surface area contributed by atoms with Gasteiger partial charge in [0.25, 0.3) is 5.91 Å². The number of aryl methyl sites for hydroxylation is 1. The molecule has 0 bridgehead atoms. The third-order valence-corrected chi connectivity index (χ3v) is 4.60. The van der Waals surface area contributed by atoms with Gasteiger partial charge in [-0.25, -0.2) is 4.68 Å². The lowest BCUT2D eigenvalue weighted by Gasteiger charge is -2.11. The highest BCUT2D eigenvalue weighted by Crippen LogP contribution is 2.24. The van der Waals surface area contributed by atoms with E-state index in [1.807, 2.05) is 50.4 Å². The summed E-state index contributed by atoms with van der Waals surface area (Å²) in [6, 6.07) is 9.45. The Balaban J connectivity index is 1.76. The molecule has 124 valence electrons. The van der Waals surface area contributed by atoms with E-state index in [9.17, 15) is 4.79 Å². The van der Waals surface area contributed by atoms with Crippen LogP contribution in [0.15, 0.2) is 36.5 Å². The van der Waals surface area contributed by atoms with Crippen LogP contribution in [-0.4, -0.2) is 32.3 Å². The average molecular weight is 342 g/mol. The van der Waals surface area contributed by atoms with Crippen LogP contribution in [0.1, 0.15) is 34.7 Å². The number of carbonyl (C=O) groups excluding carboxylic acids is 1. The lowest BCUT2D eigenvalue weighted by Crippen LogP contribution is -2.27. The molecule has 8 heteroatoms. The summed E-state index contributed by atoms with van der Waals surface area (Å²) in [5.74, 6) is -0.174. The number of benzene rings is 1. The Morgan fingerprint density at radius 2 is 2.04 bits per heavy atom. The molecule has 0 unspecified atom stereocenters. The van der Waals surface area contributed by atoms with Crippen molar-refractivity contribution in [2.75, 3.05) is 12.4 Å². The zero-order valence-electron chi connectivity index (χ0n) is 13.6. The highest BCUT2D eigenvalue weighted by Gasteiger charge is 2.21. The Labute approximate surface area is 143 Å². The molecule has 0 fully saturated rings. The second-order valence-corrected chi connectivity index (χ2v) is 6.11. The monoisotopic (exact) mass is 342 g/mol. The predicted molar refractivity (Wildman–Crippen MR) is 93.6 cm³/mol. The molecule has 0 aliphatic carbocycles. The van der Waals surface area contributed by atoms with Crippen molar-refractivity contribution >= 4 is 22.4 Å². The van der Waals surface area contributed by atoms with Gasteiger partial charge in [-0.2, -0.15) is 4.37 Å². The minimum Gasteiger partial charge on any atom is -0.378 e. The van der Waals surface area contributed by atoms with Gasteiger partial charge < -0.3 is 10.6 Å². The Morgan fingerprint density at radius 3 is 2.75 bits per heavy atom. The van der Waals surface area contributed by atoms with Crippen LogP contribution < -0.4 is 10.6 Å². The molecule has 0 radical (unpaired) electrons. The van der Waals surface area contributed by atoms with E-state index in [2.05, 4.69) is 25.3 Å². The Morgan fingerprint density at radius 1 is 1.29 bits per heavy atom. The van der Waals surface area contributed by atoms with Gasteiger partial charge in [0.1, 0.15) is 10.7 Å². The number of carbonyl (C=O) groups is 1. The molecule has 2 aromatic heterocycles. The van der Waals surface area contributed by atoms with Crippen molar-refractivity contribution in [2.24, 2.45) is 0 Å². The Bertz CT molecular complexity index is 841. The summed E-state index contributed by atoms with van der Waals surface area (Å²) >= 11 is 1.27. The van der Waals surface area contributed by atoms with E-state index in [1.54, 1.807) is 11.7 Å². The summed E-state index contributed by atoms with van der Waals surface area (Å²) in [5.41, 5.74) is 2.90. The number of hydrogen-bond donors (Lipinski definition) is 2. The van der Waals surface area contributed by atoms with Crippen molar-refractivity contribution in [1.29, 1.82) is 0 Å². The zero-order valence-corrected chi connectivity index (χ0v) is 14.5. The molecule has 2 N–H and O–H groups in total. The molecule has 0 aliphatic rings. The van der Waals surface area contributed by atoms with Crippen LogP contribution in [0, 0.1) is 6.92 Å². The molecule has 1 aromatic carbocycles. The molecule has 0 saturated heterocycles. The molecule has 7 nitrogen and oxygen atoms in total. The maximum Gasteiger partial charge on any atom is 0.256 e. The van der Waals surface area contributed by atoms with Crippen LogP contribution >= 0.6 is 11.5 Å². The molecule has 1 amide bonds. The first-order chi connectivity index (χ1) is 11.6. The van der Waals surface area contributed by atoms with Gasteiger partial charge in [0.2, 0.25) is 0 Å². The lowest BCUT2D eigenvalue weighted by atomic mass is 10.2. The van der Waals surface area contributed by atoms with Crippen LogP contribution in [0.25, 0.3) is 5.69 Å². The number of aromatic nitrogens is 4. The van der Waals surface area contributed by atoms with Gasteiger partial charge in [0.15, 0.2) is 0 Å². The van der Waals surface area contributed by atoms with Gasteiger partial charge in [-0.15, -0.1) is 5.10 Å². The van der Waals surface area contributed by atoms with Gasteiger partial charge in [0, 0.05) is 7.05 Å². The smallest absolute Gasteiger partial charge is 0.256 e. The van der Waals surface area contributed by atoms with E-state index in [1.165, 1.54) is 11.5 Å². The second kappa shape index (κ2) is 6.79. The van der Waals surface area contributed by atoms with Gasteiger partial charge in [0.05, 0.1) is 29.2 Å². The van der Waals surface area contributed by atoms with Crippen molar-refractivity contribution in [1.82, 2.24) is 24.7 Å². The zero-order chi connectivity index (χ0) is 17.1. The van der Waals surface area contributed by atoms with E-state index < -0.39 is 0 Å². The van der Waals surface area contributed by atoms with Crippen molar-refractivity contribution < 1.29 is 4.79 Å². The summed E-state index contributed by atoms with van der Waals surface area (Å²) < 4.78 is 5.91. The second-order valence-electron chi connectivity index (χ2n) is 5.34. The molecule has 3 rings (SSSR count). The first-order valence-electron chi connectivity index (χ1n) is 7.52. The molecular formula is C16H18N6OS. The first-order valence-corrected chi connectivity index (χ1v) is 8.30. The summed E-state index contributed by atoms with van der Waals surface area (Å²) in [4.78, 5) is 12.5. The summed E-state index contributed by atoms with van der Waals surface area (Å²) in [6.07, 6.45) is 1.82. The summed E-state index contributed by atoms with van der Waals surface area (Å²) in [6.45, 7) is 3.70. The fraction of sp³-hybridized carbons (Fsp3) is 0.250. The number of para-hydroxylation sites is 1. The van der Waals surface area contributed by atoms with E-state index in [4.69, 9.17) is 0 Å². The number of hydrogen-bond acceptors (Lipinski definition) is 6. The fourth-order valence-electron chi connectivity index (χ4n) is 2.33. The lowest BCUT2D eigenvalue weighted by molar-refractivity contribution is 0.0939. The number of nitrogens with one attached hydrogen (secondary N) is 2. The summed E-state index contributed by atoms with van der Waals surface area (Å²) in [5, 5.41) is 15.0. The number of nitrogens with zero attached hydrogens (tertiary/aromatic N) is 4. The molecular weight excluding hydrogens is 324 g/mol. The maximum absolute atomic E-state index is 12.5. The quantitative estimate of drug-likeness (QED) is 0.744. The minimum absolute atomic E-state index is 0.174. The van der Waals surface area contributed by atoms with Crippen molar-refractivity contribution in [3.05, 3.63) is 53.5 Å². The van der Waals surface area contributed by atoms with Crippen LogP contribution in [-0.2, 0) is 0 Å². The Hall–Kier alpha value is -2.74. The minimum atomic E-state index is -0.265. The third kappa shape index (κ3) is 3.13. The molecule has 0 spiro atoms. The van der Waals surface area contributed by atoms with Crippen LogP contribution in [0.5, 0.6) is 0 Å². The fourth-order valence-corrected chi connectivity index (χ4v) is 3.08. The number of rotatable bonds is 5. The normalized spacial score (nSPS) is 12.0. The SMILES string of the molecule is CNc1snc(C)c1C(=O)N[C@@H](C)c1cn(-c2ccccc2)nn1. The molecule has 3 aromatic rings. The summed E-state index contributed by atoms with van der Waals surface area (Å²) in [7, 11) is 1.78. The average Bonchev–Trinajstić information content (AvgIpc) is 3.22. The van der Waals surface area contributed by atoms with E-state index in [0.717, 1.165) is 10.7 Å². The molecule has 1 atom stereocenters. The molecule has 0 saturated carbocycles. The first kappa shape index (κ1) is 16.1.